The number of amides is 2. The first kappa shape index (κ1) is 18.2. The summed E-state index contributed by atoms with van der Waals surface area (Å²) in [5.41, 5.74) is 10.1. The number of Topliss-reactive ketones (excluding diaryl/α,β-unsaturated/α-hetero) is 1. The van der Waals surface area contributed by atoms with Gasteiger partial charge in [0.1, 0.15) is 11.9 Å². The summed E-state index contributed by atoms with van der Waals surface area (Å²) in [7, 11) is 0. The molecule has 0 heterocycles. The standard InChI is InChI=1S/C14H15FN3O5/c15-8-3-1-2-7(4-8)13(22)10(6-12(20)21)18-14(23)9(16)5-11(17)19/h1,3-4,9-10H,5-6,16H2,(H2,17,19)(H,18,23)(H,20,21)/t9-,10-/m0/s1. The molecule has 0 aromatic heterocycles. The lowest BCUT2D eigenvalue weighted by molar-refractivity contribution is -0.137. The predicted octanol–water partition coefficient (Wildman–Crippen LogP) is -1.03. The molecule has 0 fully saturated rings. The van der Waals surface area contributed by atoms with Gasteiger partial charge in [-0.2, -0.15) is 0 Å². The number of carbonyl (C=O) groups is 4. The topological polar surface area (TPSA) is 153 Å². The predicted molar refractivity (Wildman–Crippen MR) is 75.5 cm³/mol. The molecule has 23 heavy (non-hydrogen) atoms. The minimum absolute atomic E-state index is 0.222. The maximum absolute atomic E-state index is 13.1. The number of benzene rings is 1. The molecular formula is C14H15FN3O5. The molecule has 0 aliphatic rings. The molecule has 9 heteroatoms. The Morgan fingerprint density at radius 2 is 1.96 bits per heavy atom. The van der Waals surface area contributed by atoms with Gasteiger partial charge in [-0.1, -0.05) is 6.07 Å². The lowest BCUT2D eigenvalue weighted by Gasteiger charge is -2.18. The third-order valence-corrected chi connectivity index (χ3v) is 2.80. The largest absolute Gasteiger partial charge is 0.481 e. The van der Waals surface area contributed by atoms with Gasteiger partial charge in [-0.3, -0.25) is 19.2 Å². The summed E-state index contributed by atoms with van der Waals surface area (Å²) in [6.07, 6.45) is -1.20. The van der Waals surface area contributed by atoms with Crippen molar-refractivity contribution in [3.63, 3.8) is 0 Å². The van der Waals surface area contributed by atoms with Crippen molar-refractivity contribution in [2.24, 2.45) is 11.5 Å². The molecule has 1 aromatic rings. The highest BCUT2D eigenvalue weighted by Crippen LogP contribution is 2.09. The van der Waals surface area contributed by atoms with E-state index in [4.69, 9.17) is 16.6 Å². The fourth-order valence-corrected chi connectivity index (χ4v) is 1.74. The van der Waals surface area contributed by atoms with E-state index in [-0.39, 0.29) is 5.56 Å². The molecule has 123 valence electrons. The highest BCUT2D eigenvalue weighted by atomic mass is 19.1. The number of halogens is 1. The average Bonchev–Trinajstić information content (AvgIpc) is 2.44. The molecule has 0 unspecified atom stereocenters. The Morgan fingerprint density at radius 3 is 2.48 bits per heavy atom. The Labute approximate surface area is 130 Å². The van der Waals surface area contributed by atoms with Gasteiger partial charge >= 0.3 is 5.97 Å². The molecule has 0 saturated carbocycles. The van der Waals surface area contributed by atoms with Crippen molar-refractivity contribution in [1.29, 1.82) is 0 Å². The minimum Gasteiger partial charge on any atom is -0.481 e. The van der Waals surface area contributed by atoms with Gasteiger partial charge in [-0.15, -0.1) is 0 Å². The monoisotopic (exact) mass is 324 g/mol. The second-order valence-electron chi connectivity index (χ2n) is 4.72. The Morgan fingerprint density at radius 1 is 1.30 bits per heavy atom. The first-order valence-corrected chi connectivity index (χ1v) is 6.48. The van der Waals surface area contributed by atoms with Gasteiger partial charge in [0, 0.05) is 5.56 Å². The van der Waals surface area contributed by atoms with Gasteiger partial charge in [0.2, 0.25) is 11.8 Å². The van der Waals surface area contributed by atoms with Crippen LogP contribution in [0.2, 0.25) is 0 Å². The number of ketones is 1. The van der Waals surface area contributed by atoms with Crippen LogP contribution < -0.4 is 16.8 Å². The van der Waals surface area contributed by atoms with Gasteiger partial charge in [0.15, 0.2) is 5.78 Å². The van der Waals surface area contributed by atoms with Crippen LogP contribution >= 0.6 is 0 Å². The van der Waals surface area contributed by atoms with E-state index in [0.29, 0.717) is 0 Å². The lowest BCUT2D eigenvalue weighted by atomic mass is 10.0. The van der Waals surface area contributed by atoms with Crippen LogP contribution in [0.3, 0.4) is 0 Å². The van der Waals surface area contributed by atoms with E-state index in [2.05, 4.69) is 11.4 Å². The summed E-state index contributed by atoms with van der Waals surface area (Å²) < 4.78 is 13.1. The molecule has 1 rings (SSSR count). The summed E-state index contributed by atoms with van der Waals surface area (Å²) in [6, 6.07) is 2.74. The van der Waals surface area contributed by atoms with Crippen LogP contribution in [0.15, 0.2) is 18.2 Å². The van der Waals surface area contributed by atoms with Crippen LogP contribution in [0.1, 0.15) is 23.2 Å². The zero-order valence-electron chi connectivity index (χ0n) is 11.9. The molecule has 2 atom stereocenters. The van der Waals surface area contributed by atoms with E-state index in [1.54, 1.807) is 0 Å². The molecule has 6 N–H and O–H groups in total. The molecule has 0 aliphatic carbocycles. The van der Waals surface area contributed by atoms with Crippen molar-refractivity contribution >= 4 is 23.6 Å². The zero-order chi connectivity index (χ0) is 17.6. The van der Waals surface area contributed by atoms with Crippen LogP contribution in [0.4, 0.5) is 4.39 Å². The van der Waals surface area contributed by atoms with E-state index in [9.17, 15) is 23.6 Å². The smallest absolute Gasteiger partial charge is 0.305 e. The highest BCUT2D eigenvalue weighted by Gasteiger charge is 2.27. The van der Waals surface area contributed by atoms with Crippen molar-refractivity contribution < 1.29 is 28.7 Å². The lowest BCUT2D eigenvalue weighted by Crippen LogP contribution is -2.50. The van der Waals surface area contributed by atoms with Gasteiger partial charge in [0.25, 0.3) is 0 Å². The summed E-state index contributed by atoms with van der Waals surface area (Å²) in [5, 5.41) is 11.0. The molecule has 2 amide bonds. The molecule has 1 radical (unpaired) electrons. The van der Waals surface area contributed by atoms with E-state index < -0.39 is 54.3 Å². The Kier molecular flexibility index (Phi) is 6.34. The third kappa shape index (κ3) is 5.83. The van der Waals surface area contributed by atoms with E-state index in [0.717, 1.165) is 18.2 Å². The quantitative estimate of drug-likeness (QED) is 0.449. The van der Waals surface area contributed by atoms with Crippen molar-refractivity contribution in [1.82, 2.24) is 5.32 Å². The molecule has 8 nitrogen and oxygen atoms in total. The minimum atomic E-state index is -1.48. The van der Waals surface area contributed by atoms with Crippen molar-refractivity contribution in [3.05, 3.63) is 35.6 Å². The first-order valence-electron chi connectivity index (χ1n) is 6.48. The summed E-state index contributed by atoms with van der Waals surface area (Å²) in [5.74, 6) is -4.65. The maximum Gasteiger partial charge on any atom is 0.305 e. The van der Waals surface area contributed by atoms with Crippen molar-refractivity contribution in [2.45, 2.75) is 24.9 Å². The number of nitrogens with one attached hydrogen (secondary N) is 1. The molecule has 0 bridgehead atoms. The third-order valence-electron chi connectivity index (χ3n) is 2.80. The van der Waals surface area contributed by atoms with E-state index in [1.807, 2.05) is 0 Å². The molecule has 1 aromatic carbocycles. The summed E-state index contributed by atoms with van der Waals surface area (Å²) in [6.45, 7) is 0. The van der Waals surface area contributed by atoms with Crippen LogP contribution in [0.25, 0.3) is 0 Å². The highest BCUT2D eigenvalue weighted by molar-refractivity contribution is 6.03. The Bertz CT molecular complexity index is 635. The van der Waals surface area contributed by atoms with Crippen LogP contribution in [0.5, 0.6) is 0 Å². The number of hydrogen-bond acceptors (Lipinski definition) is 5. The Hall–Kier alpha value is -2.81. The van der Waals surface area contributed by atoms with Crippen LogP contribution in [-0.4, -0.2) is 40.8 Å². The molecule has 0 spiro atoms. The van der Waals surface area contributed by atoms with Crippen LogP contribution in [0, 0.1) is 11.9 Å². The fourth-order valence-electron chi connectivity index (χ4n) is 1.74. The number of aliphatic carboxylic acids is 1. The SMILES string of the molecule is NC(=O)C[C@H](N)C(=O)N[C@@H](CC(=O)O)C(=O)c1[c]ccc(F)c1. The van der Waals surface area contributed by atoms with Gasteiger partial charge in [-0.25, -0.2) is 4.39 Å². The second kappa shape index (κ2) is 7.99. The van der Waals surface area contributed by atoms with Crippen molar-refractivity contribution in [3.8, 4) is 0 Å². The number of carboxylic acid groups (broad SMARTS) is 1. The number of carboxylic acids is 1. The average molecular weight is 324 g/mol. The van der Waals surface area contributed by atoms with Crippen molar-refractivity contribution in [2.75, 3.05) is 0 Å². The maximum atomic E-state index is 13.1. The molecular weight excluding hydrogens is 309 g/mol. The van der Waals surface area contributed by atoms with Gasteiger partial charge in [-0.05, 0) is 18.2 Å². The van der Waals surface area contributed by atoms with E-state index >= 15 is 0 Å². The number of carbonyl (C=O) groups excluding carboxylic acids is 3. The first-order chi connectivity index (χ1) is 10.7. The number of primary amides is 1. The van der Waals surface area contributed by atoms with Crippen LogP contribution in [-0.2, 0) is 14.4 Å². The Balaban J connectivity index is 2.91. The van der Waals surface area contributed by atoms with Gasteiger partial charge < -0.3 is 21.9 Å². The molecule has 0 aliphatic heterocycles. The second-order valence-corrected chi connectivity index (χ2v) is 4.72. The number of rotatable bonds is 8. The normalized spacial score (nSPS) is 13.0. The molecule has 0 saturated heterocycles. The number of nitrogens with two attached hydrogens (primary N) is 2. The summed E-state index contributed by atoms with van der Waals surface area (Å²) in [4.78, 5) is 45.6. The summed E-state index contributed by atoms with van der Waals surface area (Å²) >= 11 is 0. The number of hydrogen-bond donors (Lipinski definition) is 4. The zero-order valence-corrected chi connectivity index (χ0v) is 11.9. The van der Waals surface area contributed by atoms with Gasteiger partial charge in [0.05, 0.1) is 18.9 Å². The fraction of sp³-hybridized carbons (Fsp3) is 0.286. The van der Waals surface area contributed by atoms with E-state index in [1.165, 1.54) is 0 Å².